The lowest BCUT2D eigenvalue weighted by Gasteiger charge is -2.36. The molecule has 0 saturated carbocycles. The highest BCUT2D eigenvalue weighted by Crippen LogP contribution is 2.56. The molecular formula is C22H18N2O6S. The number of amides is 2. The van der Waals surface area contributed by atoms with Crippen molar-refractivity contribution in [1.82, 2.24) is 0 Å². The Bertz CT molecular complexity index is 1180. The number of carbonyl (C=O) groups excluding carboxylic acids is 3. The standard InChI is InChI=1S/C22H18N2O6S/c1-28-11-6-3-5-10(9-11)24-20(25)15-14-12-7-4-8-13(29-2)17(12)30-22(27)16(14)19(23)31-18(15)21(24)26/h3-9,14-15,18H,23H2,1-2H3/t14-,15+,18+/m1/s1. The summed E-state index contributed by atoms with van der Waals surface area (Å²) < 4.78 is 16.1. The Hall–Kier alpha value is -3.46. The lowest BCUT2D eigenvalue weighted by molar-refractivity contribution is -0.132. The monoisotopic (exact) mass is 438 g/mol. The molecule has 3 atom stereocenters. The van der Waals surface area contributed by atoms with E-state index in [9.17, 15) is 14.4 Å². The molecule has 0 radical (unpaired) electrons. The summed E-state index contributed by atoms with van der Waals surface area (Å²) in [7, 11) is 2.98. The maximum Gasteiger partial charge on any atom is 0.342 e. The molecule has 1 fully saturated rings. The maximum absolute atomic E-state index is 13.6. The van der Waals surface area contributed by atoms with Crippen molar-refractivity contribution in [3.63, 3.8) is 0 Å². The number of benzene rings is 2. The van der Waals surface area contributed by atoms with Gasteiger partial charge in [-0.15, -0.1) is 0 Å². The van der Waals surface area contributed by atoms with Crippen molar-refractivity contribution in [3.8, 4) is 17.2 Å². The topological polar surface area (TPSA) is 108 Å². The van der Waals surface area contributed by atoms with Crippen LogP contribution in [0.5, 0.6) is 17.2 Å². The largest absolute Gasteiger partial charge is 0.497 e. The van der Waals surface area contributed by atoms with Gasteiger partial charge in [0, 0.05) is 17.5 Å². The molecule has 158 valence electrons. The SMILES string of the molecule is COc1cccc(N2C(=O)[C@@H]3[C@H](SC(N)=C4C(=O)Oc5c(OC)cccc5[C@@H]43)C2=O)c1. The number of imide groups is 1. The van der Waals surface area contributed by atoms with Crippen molar-refractivity contribution < 1.29 is 28.6 Å². The molecule has 8 nitrogen and oxygen atoms in total. The first-order chi connectivity index (χ1) is 15.0. The second-order valence-electron chi connectivity index (χ2n) is 7.30. The van der Waals surface area contributed by atoms with Crippen molar-refractivity contribution in [2.45, 2.75) is 11.2 Å². The molecule has 0 bridgehead atoms. The van der Waals surface area contributed by atoms with Gasteiger partial charge in [0.1, 0.15) is 11.0 Å². The van der Waals surface area contributed by atoms with Gasteiger partial charge in [0.2, 0.25) is 11.8 Å². The highest BCUT2D eigenvalue weighted by Gasteiger charge is 2.58. The molecule has 0 aliphatic carbocycles. The van der Waals surface area contributed by atoms with Crippen molar-refractivity contribution in [3.05, 3.63) is 58.6 Å². The van der Waals surface area contributed by atoms with Gasteiger partial charge in [0.25, 0.3) is 0 Å². The molecule has 5 rings (SSSR count). The normalized spacial score (nSPS) is 24.4. The number of esters is 1. The third-order valence-corrected chi connectivity index (χ3v) is 7.00. The molecule has 0 spiro atoms. The predicted octanol–water partition coefficient (Wildman–Crippen LogP) is 2.18. The third kappa shape index (κ3) is 2.73. The maximum atomic E-state index is 13.6. The Morgan fingerprint density at radius 3 is 2.55 bits per heavy atom. The number of rotatable bonds is 3. The van der Waals surface area contributed by atoms with E-state index in [4.69, 9.17) is 19.9 Å². The van der Waals surface area contributed by atoms with E-state index in [-0.39, 0.29) is 22.3 Å². The Balaban J connectivity index is 1.66. The first-order valence-corrected chi connectivity index (χ1v) is 10.4. The fourth-order valence-corrected chi connectivity index (χ4v) is 5.66. The molecule has 2 aromatic rings. The number of carbonyl (C=O) groups is 3. The molecule has 0 aromatic heterocycles. The van der Waals surface area contributed by atoms with Gasteiger partial charge < -0.3 is 19.9 Å². The van der Waals surface area contributed by atoms with Gasteiger partial charge in [-0.3, -0.25) is 9.59 Å². The van der Waals surface area contributed by atoms with Crippen LogP contribution in [-0.2, 0) is 14.4 Å². The number of methoxy groups -OCH3 is 2. The minimum Gasteiger partial charge on any atom is -0.497 e. The number of hydrogen-bond acceptors (Lipinski definition) is 8. The van der Waals surface area contributed by atoms with Crippen LogP contribution in [0, 0.1) is 5.92 Å². The van der Waals surface area contributed by atoms with Crippen molar-refractivity contribution in [1.29, 1.82) is 0 Å². The van der Waals surface area contributed by atoms with Gasteiger partial charge in [-0.1, -0.05) is 30.0 Å². The number of para-hydroxylation sites is 1. The Morgan fingerprint density at radius 2 is 1.81 bits per heavy atom. The van der Waals surface area contributed by atoms with Crippen LogP contribution >= 0.6 is 11.8 Å². The lowest BCUT2D eigenvalue weighted by atomic mass is 9.77. The minimum absolute atomic E-state index is 0.193. The zero-order chi connectivity index (χ0) is 21.9. The molecule has 1 saturated heterocycles. The smallest absolute Gasteiger partial charge is 0.342 e. The number of ether oxygens (including phenoxy) is 3. The average Bonchev–Trinajstić information content (AvgIpc) is 3.02. The van der Waals surface area contributed by atoms with Crippen LogP contribution in [-0.4, -0.2) is 37.3 Å². The number of nitrogens with two attached hydrogens (primary N) is 1. The quantitative estimate of drug-likeness (QED) is 0.441. The van der Waals surface area contributed by atoms with E-state index >= 15 is 0 Å². The molecule has 3 aliphatic rings. The molecular weight excluding hydrogens is 420 g/mol. The van der Waals surface area contributed by atoms with Crippen molar-refractivity contribution >= 4 is 35.2 Å². The number of anilines is 1. The first-order valence-electron chi connectivity index (χ1n) is 9.53. The lowest BCUT2D eigenvalue weighted by Crippen LogP contribution is -2.39. The molecule has 2 aromatic carbocycles. The first kappa shape index (κ1) is 19.5. The van der Waals surface area contributed by atoms with Crippen molar-refractivity contribution in [2.24, 2.45) is 11.7 Å². The van der Waals surface area contributed by atoms with Gasteiger partial charge in [-0.25, -0.2) is 9.69 Å². The minimum atomic E-state index is -0.801. The summed E-state index contributed by atoms with van der Waals surface area (Å²) >= 11 is 1.03. The average molecular weight is 438 g/mol. The Morgan fingerprint density at radius 1 is 1.03 bits per heavy atom. The predicted molar refractivity (Wildman–Crippen MR) is 113 cm³/mol. The summed E-state index contributed by atoms with van der Waals surface area (Å²) in [5.41, 5.74) is 7.43. The fourth-order valence-electron chi connectivity index (χ4n) is 4.42. The van der Waals surface area contributed by atoms with E-state index in [1.165, 1.54) is 14.2 Å². The molecule has 3 aliphatic heterocycles. The summed E-state index contributed by atoms with van der Waals surface area (Å²) in [4.78, 5) is 40.9. The van der Waals surface area contributed by atoms with Crippen LogP contribution in [0.15, 0.2) is 53.1 Å². The van der Waals surface area contributed by atoms with E-state index in [2.05, 4.69) is 0 Å². The second kappa shape index (κ2) is 7.05. The highest BCUT2D eigenvalue weighted by atomic mass is 32.2. The number of fused-ring (bicyclic) bond motifs is 5. The van der Waals surface area contributed by atoms with Gasteiger partial charge in [-0.05, 0) is 18.2 Å². The summed E-state index contributed by atoms with van der Waals surface area (Å²) in [6.07, 6.45) is 0. The summed E-state index contributed by atoms with van der Waals surface area (Å²) in [6, 6.07) is 11.9. The second-order valence-corrected chi connectivity index (χ2v) is 8.48. The molecule has 2 N–H and O–H groups in total. The molecule has 31 heavy (non-hydrogen) atoms. The van der Waals surface area contributed by atoms with Crippen LogP contribution in [0.4, 0.5) is 5.69 Å². The van der Waals surface area contributed by atoms with Crippen LogP contribution in [0.3, 0.4) is 0 Å². The van der Waals surface area contributed by atoms with E-state index < -0.39 is 29.0 Å². The van der Waals surface area contributed by atoms with Gasteiger partial charge >= 0.3 is 5.97 Å². The van der Waals surface area contributed by atoms with Gasteiger partial charge in [-0.2, -0.15) is 0 Å². The van der Waals surface area contributed by atoms with Crippen LogP contribution in [0.2, 0.25) is 0 Å². The number of hydrogen-bond donors (Lipinski definition) is 1. The fraction of sp³-hybridized carbons (Fsp3) is 0.227. The summed E-state index contributed by atoms with van der Waals surface area (Å²) in [5.74, 6) is -1.76. The highest BCUT2D eigenvalue weighted by molar-refractivity contribution is 8.04. The van der Waals surface area contributed by atoms with E-state index in [1.54, 1.807) is 42.5 Å². The van der Waals surface area contributed by atoms with E-state index in [1.807, 2.05) is 0 Å². The number of thioether (sulfide) groups is 1. The zero-order valence-corrected chi connectivity index (χ0v) is 17.5. The van der Waals surface area contributed by atoms with E-state index in [0.29, 0.717) is 22.7 Å². The van der Waals surface area contributed by atoms with Crippen LogP contribution < -0.4 is 24.8 Å². The Labute approximate surface area is 181 Å². The van der Waals surface area contributed by atoms with Crippen LogP contribution in [0.1, 0.15) is 11.5 Å². The Kier molecular flexibility index (Phi) is 4.44. The molecule has 2 amide bonds. The molecule has 0 unspecified atom stereocenters. The third-order valence-electron chi connectivity index (χ3n) is 5.78. The van der Waals surface area contributed by atoms with Crippen LogP contribution in [0.25, 0.3) is 0 Å². The van der Waals surface area contributed by atoms with E-state index in [0.717, 1.165) is 16.7 Å². The van der Waals surface area contributed by atoms with Crippen molar-refractivity contribution in [2.75, 3.05) is 19.1 Å². The summed E-state index contributed by atoms with van der Waals surface area (Å²) in [6.45, 7) is 0. The molecule has 9 heteroatoms. The summed E-state index contributed by atoms with van der Waals surface area (Å²) in [5, 5.41) is -0.559. The zero-order valence-electron chi connectivity index (χ0n) is 16.7. The van der Waals surface area contributed by atoms with Gasteiger partial charge in [0.05, 0.1) is 36.4 Å². The molecule has 3 heterocycles. The van der Waals surface area contributed by atoms with Gasteiger partial charge in [0.15, 0.2) is 11.5 Å². The number of nitrogens with zero attached hydrogens (tertiary/aromatic N) is 1.